The van der Waals surface area contributed by atoms with Crippen molar-refractivity contribution in [3.05, 3.63) is 35.9 Å². The number of nitrogens with zero attached hydrogens (tertiary/aromatic N) is 2. The molecule has 186 valence electrons. The van der Waals surface area contributed by atoms with Gasteiger partial charge in [-0.15, -0.1) is 0 Å². The van der Waals surface area contributed by atoms with Crippen molar-refractivity contribution >= 4 is 30.0 Å². The summed E-state index contributed by atoms with van der Waals surface area (Å²) in [6.45, 7) is 1.50. The van der Waals surface area contributed by atoms with E-state index < -0.39 is 41.5 Å². The number of likely N-dealkylation sites (tertiary alicyclic amines) is 1. The molecule has 6 N–H and O–H groups in total. The van der Waals surface area contributed by atoms with E-state index in [1.807, 2.05) is 0 Å². The van der Waals surface area contributed by atoms with Crippen LogP contribution in [0.15, 0.2) is 35.3 Å². The number of rotatable bonds is 10. The highest BCUT2D eigenvalue weighted by atomic mass is 19.4. The Morgan fingerprint density at radius 2 is 1.88 bits per heavy atom. The van der Waals surface area contributed by atoms with Crippen LogP contribution in [0.3, 0.4) is 0 Å². The molecule has 0 radical (unpaired) electrons. The lowest BCUT2D eigenvalue weighted by atomic mass is 9.87. The van der Waals surface area contributed by atoms with Crippen LogP contribution in [0.4, 0.5) is 13.2 Å². The fourth-order valence-electron chi connectivity index (χ4n) is 3.48. The Labute approximate surface area is 193 Å². The number of guanidine groups is 1. The molecule has 2 rings (SSSR count). The third kappa shape index (κ3) is 6.45. The number of halogens is 3. The number of hydrogen-bond acceptors (Lipinski definition) is 5. The van der Waals surface area contributed by atoms with Gasteiger partial charge >= 0.3 is 12.1 Å². The highest BCUT2D eigenvalue weighted by Crippen LogP contribution is 2.30. The molecule has 0 aromatic heterocycles. The van der Waals surface area contributed by atoms with Gasteiger partial charge in [0.25, 0.3) is 5.91 Å². The molecule has 0 saturated carbocycles. The van der Waals surface area contributed by atoms with Crippen LogP contribution in [0.5, 0.6) is 0 Å². The number of benzene rings is 1. The number of hydrogen-bond donors (Lipinski definition) is 4. The molecular formula is C21H27F3N6O4. The van der Waals surface area contributed by atoms with E-state index in [1.165, 1.54) is 24.3 Å². The van der Waals surface area contributed by atoms with Crippen LogP contribution < -0.4 is 22.1 Å². The monoisotopic (exact) mass is 484 g/mol. The van der Waals surface area contributed by atoms with Crippen molar-refractivity contribution in [3.63, 3.8) is 0 Å². The van der Waals surface area contributed by atoms with Gasteiger partial charge in [-0.05, 0) is 31.7 Å². The summed E-state index contributed by atoms with van der Waals surface area (Å²) in [5, 5.41) is 4.30. The summed E-state index contributed by atoms with van der Waals surface area (Å²) in [7, 11) is 0. The van der Waals surface area contributed by atoms with E-state index in [0.717, 1.165) is 11.8 Å². The Bertz CT molecular complexity index is 936. The van der Waals surface area contributed by atoms with Crippen LogP contribution in [0.25, 0.3) is 0 Å². The Balaban J connectivity index is 2.15. The Hall–Kier alpha value is -3.64. The topological polar surface area (TPSA) is 160 Å². The lowest BCUT2D eigenvalue weighted by molar-refractivity contribution is -0.178. The Morgan fingerprint density at radius 3 is 2.38 bits per heavy atom. The van der Waals surface area contributed by atoms with E-state index in [4.69, 9.17) is 11.5 Å². The van der Waals surface area contributed by atoms with Gasteiger partial charge in [0.05, 0.1) is 6.04 Å². The molecule has 1 heterocycles. The van der Waals surface area contributed by atoms with Gasteiger partial charge in [0.2, 0.25) is 5.91 Å². The molecule has 3 amide bonds. The van der Waals surface area contributed by atoms with Crippen LogP contribution >= 0.6 is 0 Å². The molecule has 1 aliphatic heterocycles. The van der Waals surface area contributed by atoms with Crippen LogP contribution in [-0.4, -0.2) is 66.2 Å². The van der Waals surface area contributed by atoms with Crippen LogP contribution in [0.1, 0.15) is 31.7 Å². The third-order valence-corrected chi connectivity index (χ3v) is 5.44. The molecule has 1 aromatic rings. The lowest BCUT2D eigenvalue weighted by Crippen LogP contribution is -2.66. The highest BCUT2D eigenvalue weighted by Gasteiger charge is 2.50. The van der Waals surface area contributed by atoms with E-state index >= 15 is 0 Å². The van der Waals surface area contributed by atoms with Crippen molar-refractivity contribution in [3.8, 4) is 0 Å². The standard InChI is InChI=1S/C21H27F3N6O4/c1-20(13-6-3-2-4-7-13,29-17(33)21(22,23)24)18(34)30-11-9-15(30)16(32)28-14(12-31)8-5-10-27-19(25)26/h2-4,6-7,12,14-15H,5,8-11H2,1H3,(H,28,32)(H,29,33)(H4,25,26,27)/t14-,15+,20-/m1/s1. The molecule has 0 spiro atoms. The second-order valence-corrected chi connectivity index (χ2v) is 7.95. The van der Waals surface area contributed by atoms with E-state index in [0.29, 0.717) is 12.7 Å². The molecule has 0 aliphatic carbocycles. The minimum atomic E-state index is -5.21. The Kier molecular flexibility index (Phi) is 8.60. The van der Waals surface area contributed by atoms with Crippen molar-refractivity contribution < 1.29 is 32.3 Å². The number of aldehydes is 1. The van der Waals surface area contributed by atoms with Crippen molar-refractivity contribution in [2.45, 2.75) is 50.0 Å². The zero-order chi connectivity index (χ0) is 25.5. The fourth-order valence-corrected chi connectivity index (χ4v) is 3.48. The maximum atomic E-state index is 13.3. The van der Waals surface area contributed by atoms with Gasteiger partial charge in [-0.25, -0.2) is 0 Å². The first kappa shape index (κ1) is 26.6. The van der Waals surface area contributed by atoms with Gasteiger partial charge in [0.15, 0.2) is 5.96 Å². The molecule has 0 unspecified atom stereocenters. The molecule has 13 heteroatoms. The number of aliphatic imine (C=N–C) groups is 1. The summed E-state index contributed by atoms with van der Waals surface area (Å²) in [4.78, 5) is 53.9. The predicted molar refractivity (Wildman–Crippen MR) is 116 cm³/mol. The number of carbonyl (C=O) groups excluding carboxylic acids is 4. The molecule has 1 fully saturated rings. The SMILES string of the molecule is C[C@](NC(=O)C(F)(F)F)(C(=O)N1CC[C@H]1C(=O)N[C@@H](C=O)CCCN=C(N)N)c1ccccc1. The smallest absolute Gasteiger partial charge is 0.370 e. The average Bonchev–Trinajstić information content (AvgIpc) is 2.74. The number of nitrogens with two attached hydrogens (primary N) is 2. The summed E-state index contributed by atoms with van der Waals surface area (Å²) >= 11 is 0. The first-order chi connectivity index (χ1) is 15.9. The molecular weight excluding hydrogens is 457 g/mol. The largest absolute Gasteiger partial charge is 0.471 e. The zero-order valence-electron chi connectivity index (χ0n) is 18.5. The molecule has 0 bridgehead atoms. The van der Waals surface area contributed by atoms with Crippen LogP contribution in [0.2, 0.25) is 0 Å². The van der Waals surface area contributed by atoms with Crippen LogP contribution in [0, 0.1) is 0 Å². The average molecular weight is 484 g/mol. The number of alkyl halides is 3. The maximum absolute atomic E-state index is 13.3. The quantitative estimate of drug-likeness (QED) is 0.157. The number of amides is 3. The first-order valence-electron chi connectivity index (χ1n) is 10.5. The third-order valence-electron chi connectivity index (χ3n) is 5.44. The van der Waals surface area contributed by atoms with E-state index in [9.17, 15) is 32.3 Å². The molecule has 1 aliphatic rings. The molecule has 1 aromatic carbocycles. The molecule has 1 saturated heterocycles. The summed E-state index contributed by atoms with van der Waals surface area (Å²) in [6.07, 6.45) is -3.77. The van der Waals surface area contributed by atoms with Crippen molar-refractivity contribution in [2.24, 2.45) is 16.5 Å². The van der Waals surface area contributed by atoms with E-state index in [1.54, 1.807) is 11.4 Å². The van der Waals surface area contributed by atoms with Crippen molar-refractivity contribution in [1.82, 2.24) is 15.5 Å². The summed E-state index contributed by atoms with van der Waals surface area (Å²) in [5.41, 5.74) is 8.50. The zero-order valence-corrected chi connectivity index (χ0v) is 18.5. The lowest BCUT2D eigenvalue weighted by Gasteiger charge is -2.45. The number of carbonyl (C=O) groups is 4. The van der Waals surface area contributed by atoms with Gasteiger partial charge in [-0.3, -0.25) is 19.4 Å². The maximum Gasteiger partial charge on any atom is 0.471 e. The first-order valence-corrected chi connectivity index (χ1v) is 10.5. The minimum Gasteiger partial charge on any atom is -0.370 e. The summed E-state index contributed by atoms with van der Waals surface area (Å²) < 4.78 is 38.9. The van der Waals surface area contributed by atoms with E-state index in [-0.39, 0.29) is 37.5 Å². The van der Waals surface area contributed by atoms with Gasteiger partial charge in [0, 0.05) is 13.1 Å². The summed E-state index contributed by atoms with van der Waals surface area (Å²) in [6, 6.07) is 5.58. The van der Waals surface area contributed by atoms with Gasteiger partial charge < -0.3 is 31.8 Å². The molecule has 34 heavy (non-hydrogen) atoms. The highest BCUT2D eigenvalue weighted by molar-refractivity contribution is 5.97. The predicted octanol–water partition coefficient (Wildman–Crippen LogP) is -0.0815. The van der Waals surface area contributed by atoms with Crippen molar-refractivity contribution in [2.75, 3.05) is 13.1 Å². The number of nitrogens with one attached hydrogen (secondary N) is 2. The fraction of sp³-hybridized carbons (Fsp3) is 0.476. The van der Waals surface area contributed by atoms with Crippen molar-refractivity contribution in [1.29, 1.82) is 0 Å². The second-order valence-electron chi connectivity index (χ2n) is 7.95. The van der Waals surface area contributed by atoms with Gasteiger partial charge in [-0.1, -0.05) is 30.3 Å². The van der Waals surface area contributed by atoms with Crippen LogP contribution in [-0.2, 0) is 24.7 Å². The summed E-state index contributed by atoms with van der Waals surface area (Å²) in [5.74, 6) is -3.89. The normalized spacial score (nSPS) is 18.0. The van der Waals surface area contributed by atoms with Gasteiger partial charge in [-0.2, -0.15) is 13.2 Å². The second kappa shape index (κ2) is 11.0. The Morgan fingerprint density at radius 1 is 1.24 bits per heavy atom. The molecule has 3 atom stereocenters. The van der Waals surface area contributed by atoms with Gasteiger partial charge in [0.1, 0.15) is 17.9 Å². The molecule has 10 nitrogen and oxygen atoms in total. The minimum absolute atomic E-state index is 0.0947. The van der Waals surface area contributed by atoms with E-state index in [2.05, 4.69) is 10.3 Å².